The third-order valence-corrected chi connectivity index (χ3v) is 3.74. The number of fused-ring (bicyclic) bond motifs is 1. The third kappa shape index (κ3) is 2.28. The van der Waals surface area contributed by atoms with Crippen molar-refractivity contribution < 1.29 is 23.7 Å². The Morgan fingerprint density at radius 3 is 2.30 bits per heavy atom. The van der Waals surface area contributed by atoms with Crippen LogP contribution in [0.5, 0.6) is 17.2 Å². The highest BCUT2D eigenvalue weighted by Gasteiger charge is 2.37. The molecule has 0 radical (unpaired) electrons. The molecule has 0 aromatic heterocycles. The van der Waals surface area contributed by atoms with E-state index in [4.69, 9.17) is 14.2 Å². The van der Waals surface area contributed by atoms with Crippen LogP contribution in [0.3, 0.4) is 0 Å². The van der Waals surface area contributed by atoms with Crippen LogP contribution in [0, 0.1) is 5.21 Å². The summed E-state index contributed by atoms with van der Waals surface area (Å²) in [5.41, 5.74) is 1.15. The van der Waals surface area contributed by atoms with Gasteiger partial charge in [0, 0.05) is 6.07 Å². The van der Waals surface area contributed by atoms with Gasteiger partial charge >= 0.3 is 0 Å². The highest BCUT2D eigenvalue weighted by molar-refractivity contribution is 6.52. The number of ether oxygens (including phenoxy) is 3. The van der Waals surface area contributed by atoms with Gasteiger partial charge in [0.15, 0.2) is 11.5 Å². The number of ketones is 1. The van der Waals surface area contributed by atoms with E-state index >= 15 is 0 Å². The number of carbonyl (C=O) groups excluding carboxylic acids is 1. The number of methoxy groups -OCH3 is 3. The largest absolute Gasteiger partial charge is 0.618 e. The molecule has 118 valence electrons. The van der Waals surface area contributed by atoms with Gasteiger partial charge in [-0.25, -0.2) is 0 Å². The maximum absolute atomic E-state index is 12.6. The van der Waals surface area contributed by atoms with Crippen LogP contribution in [-0.4, -0.2) is 37.6 Å². The number of rotatable bonds is 4. The van der Waals surface area contributed by atoms with Crippen LogP contribution in [-0.2, 0) is 0 Å². The van der Waals surface area contributed by atoms with E-state index in [0.717, 1.165) is 0 Å². The second-order valence-electron chi connectivity index (χ2n) is 4.92. The number of nitrogens with zero attached hydrogens (tertiary/aromatic N) is 1. The lowest BCUT2D eigenvalue weighted by Gasteiger charge is -2.08. The second-order valence-corrected chi connectivity index (χ2v) is 4.92. The molecule has 2 aromatic carbocycles. The van der Waals surface area contributed by atoms with Crippen LogP contribution in [0.25, 0.3) is 0 Å². The van der Waals surface area contributed by atoms with E-state index in [1.807, 2.05) is 0 Å². The maximum atomic E-state index is 12.6. The number of Topliss-reactive ketones (excluding diaryl/α,β-unsaturated/α-hetero) is 1. The minimum Gasteiger partial charge on any atom is -0.618 e. The number of carbonyl (C=O) groups is 1. The summed E-state index contributed by atoms with van der Waals surface area (Å²) < 4.78 is 16.2. The van der Waals surface area contributed by atoms with Gasteiger partial charge in [0.05, 0.1) is 26.9 Å². The summed E-state index contributed by atoms with van der Waals surface area (Å²) in [5.74, 6) is 1.16. The molecule has 0 N–H and O–H groups in total. The van der Waals surface area contributed by atoms with Crippen LogP contribution in [0.1, 0.15) is 15.9 Å². The van der Waals surface area contributed by atoms with Crippen molar-refractivity contribution >= 4 is 17.2 Å². The first-order chi connectivity index (χ1) is 11.1. The Balaban J connectivity index is 2.11. The lowest BCUT2D eigenvalue weighted by atomic mass is 10.0. The number of benzene rings is 2. The molecule has 6 nitrogen and oxygen atoms in total. The zero-order valence-electron chi connectivity index (χ0n) is 13.0. The Morgan fingerprint density at radius 1 is 0.913 bits per heavy atom. The number of hydrogen-bond donors (Lipinski definition) is 0. The average Bonchev–Trinajstić information content (AvgIpc) is 2.84. The summed E-state index contributed by atoms with van der Waals surface area (Å²) >= 11 is 0. The minimum atomic E-state index is -0.346. The molecular formula is C17H15NO5. The Labute approximate surface area is 133 Å². The van der Waals surface area contributed by atoms with E-state index in [1.165, 1.54) is 21.3 Å². The van der Waals surface area contributed by atoms with Gasteiger partial charge in [-0.3, -0.25) is 4.79 Å². The zero-order valence-corrected chi connectivity index (χ0v) is 13.0. The van der Waals surface area contributed by atoms with Gasteiger partial charge < -0.3 is 19.4 Å². The Hall–Kier alpha value is -3.02. The van der Waals surface area contributed by atoms with Gasteiger partial charge in [0.25, 0.3) is 11.5 Å². The van der Waals surface area contributed by atoms with E-state index in [2.05, 4.69) is 0 Å². The van der Waals surface area contributed by atoms with Crippen molar-refractivity contribution in [1.82, 2.24) is 0 Å². The molecule has 3 rings (SSSR count). The van der Waals surface area contributed by atoms with Crippen LogP contribution < -0.4 is 14.2 Å². The molecule has 0 atom stereocenters. The molecule has 0 aliphatic carbocycles. The average molecular weight is 313 g/mol. The van der Waals surface area contributed by atoms with Crippen LogP contribution in [0.4, 0.5) is 5.69 Å². The van der Waals surface area contributed by atoms with Gasteiger partial charge in [-0.15, -0.1) is 0 Å². The summed E-state index contributed by atoms with van der Waals surface area (Å²) in [5, 5.41) is 12.5. The van der Waals surface area contributed by atoms with E-state index in [9.17, 15) is 10.0 Å². The van der Waals surface area contributed by atoms with Crippen molar-refractivity contribution in [2.24, 2.45) is 0 Å². The fraction of sp³-hybridized carbons (Fsp3) is 0.176. The van der Waals surface area contributed by atoms with Crippen LogP contribution in [0.2, 0.25) is 0 Å². The van der Waals surface area contributed by atoms with Gasteiger partial charge in [0.1, 0.15) is 11.3 Å². The quantitative estimate of drug-likeness (QED) is 0.641. The topological polar surface area (TPSA) is 70.8 Å². The van der Waals surface area contributed by atoms with E-state index in [0.29, 0.717) is 38.8 Å². The summed E-state index contributed by atoms with van der Waals surface area (Å²) in [6, 6.07) is 9.71. The summed E-state index contributed by atoms with van der Waals surface area (Å²) in [6.45, 7) is 0. The second kappa shape index (κ2) is 5.64. The highest BCUT2D eigenvalue weighted by Crippen LogP contribution is 2.33. The predicted octanol–water partition coefficient (Wildman–Crippen LogP) is 2.54. The van der Waals surface area contributed by atoms with Crippen LogP contribution in [0.15, 0.2) is 36.4 Å². The van der Waals surface area contributed by atoms with Crippen molar-refractivity contribution in [3.8, 4) is 17.2 Å². The standard InChI is InChI=1S/C17H15NO5/c1-21-11-5-6-13-12(9-11)17(19)16(18(13)20)10-4-7-14(22-2)15(8-10)23-3/h4-9H,1-3H3. The molecule has 2 aromatic rings. The molecule has 23 heavy (non-hydrogen) atoms. The lowest BCUT2D eigenvalue weighted by Crippen LogP contribution is -2.16. The first kappa shape index (κ1) is 14.9. The van der Waals surface area contributed by atoms with Crippen molar-refractivity contribution in [2.75, 3.05) is 21.3 Å². The first-order valence-electron chi connectivity index (χ1n) is 6.90. The van der Waals surface area contributed by atoms with Crippen molar-refractivity contribution in [3.05, 3.63) is 52.7 Å². The van der Waals surface area contributed by atoms with E-state index < -0.39 is 0 Å². The molecule has 0 fully saturated rings. The SMILES string of the molecule is COc1ccc2c(c1)C(=O)C(c1ccc(OC)c(OC)c1)=[N+]2[O-]. The summed E-state index contributed by atoms with van der Waals surface area (Å²) in [4.78, 5) is 12.6. The molecule has 0 saturated carbocycles. The molecule has 0 bridgehead atoms. The number of hydrogen-bond acceptors (Lipinski definition) is 5. The van der Waals surface area contributed by atoms with E-state index in [-0.39, 0.29) is 11.5 Å². The minimum absolute atomic E-state index is 0.0502. The van der Waals surface area contributed by atoms with E-state index in [1.54, 1.807) is 36.4 Å². The van der Waals surface area contributed by atoms with Gasteiger partial charge in [0.2, 0.25) is 5.69 Å². The highest BCUT2D eigenvalue weighted by atomic mass is 16.5. The van der Waals surface area contributed by atoms with Gasteiger partial charge in [-0.05, 0) is 30.3 Å². The molecule has 1 heterocycles. The smallest absolute Gasteiger partial charge is 0.273 e. The molecule has 0 amide bonds. The van der Waals surface area contributed by atoms with Gasteiger partial charge in [-0.2, -0.15) is 4.74 Å². The normalized spacial score (nSPS) is 13.1. The molecule has 1 aliphatic rings. The van der Waals surface area contributed by atoms with Gasteiger partial charge in [-0.1, -0.05) is 0 Å². The first-order valence-corrected chi connectivity index (χ1v) is 6.90. The molecule has 6 heteroatoms. The van der Waals surface area contributed by atoms with Crippen molar-refractivity contribution in [3.63, 3.8) is 0 Å². The Morgan fingerprint density at radius 2 is 1.65 bits per heavy atom. The molecule has 0 saturated heterocycles. The predicted molar refractivity (Wildman–Crippen MR) is 84.3 cm³/mol. The zero-order chi connectivity index (χ0) is 16.6. The Bertz CT molecular complexity index is 826. The maximum Gasteiger partial charge on any atom is 0.273 e. The molecule has 0 spiro atoms. The molecule has 1 aliphatic heterocycles. The fourth-order valence-electron chi connectivity index (χ4n) is 2.57. The Kier molecular flexibility index (Phi) is 3.65. The van der Waals surface area contributed by atoms with Crippen molar-refractivity contribution in [2.45, 2.75) is 0 Å². The lowest BCUT2D eigenvalue weighted by molar-refractivity contribution is -0.355. The molecule has 0 unspecified atom stereocenters. The van der Waals surface area contributed by atoms with Crippen LogP contribution >= 0.6 is 0 Å². The summed E-state index contributed by atoms with van der Waals surface area (Å²) in [7, 11) is 4.53. The fourth-order valence-corrected chi connectivity index (χ4v) is 2.57. The summed E-state index contributed by atoms with van der Waals surface area (Å²) in [6.07, 6.45) is 0. The molecular weight excluding hydrogens is 298 g/mol. The monoisotopic (exact) mass is 313 g/mol. The third-order valence-electron chi connectivity index (χ3n) is 3.74. The van der Waals surface area contributed by atoms with Crippen molar-refractivity contribution in [1.29, 1.82) is 0 Å².